The Morgan fingerprint density at radius 1 is 1.40 bits per heavy atom. The molecule has 1 heterocycles. The minimum Gasteiger partial charge on any atom is -0.472 e. The Morgan fingerprint density at radius 2 is 2.25 bits per heavy atom. The van der Waals surface area contributed by atoms with E-state index in [9.17, 15) is 0 Å². The summed E-state index contributed by atoms with van der Waals surface area (Å²) in [6, 6.07) is 7.49. The Bertz CT molecular complexity index is 659. The average Bonchev–Trinajstić information content (AvgIpc) is 3.20. The lowest BCUT2D eigenvalue weighted by Gasteiger charge is -2.12. The van der Waals surface area contributed by atoms with E-state index in [2.05, 4.69) is 24.0 Å². The molecule has 6 heteroatoms. The fraction of sp³-hybridized carbons (Fsp3) is 0.286. The Kier molecular flexibility index (Phi) is 3.52. The van der Waals surface area contributed by atoms with Gasteiger partial charge in [-0.05, 0) is 43.2 Å². The van der Waals surface area contributed by atoms with E-state index in [0.29, 0.717) is 24.2 Å². The molecule has 0 unspecified atom stereocenters. The van der Waals surface area contributed by atoms with Gasteiger partial charge < -0.3 is 9.47 Å². The van der Waals surface area contributed by atoms with Crippen molar-refractivity contribution in [2.75, 3.05) is 0 Å². The van der Waals surface area contributed by atoms with E-state index in [1.165, 1.54) is 22.5 Å². The summed E-state index contributed by atoms with van der Waals surface area (Å²) in [4.78, 5) is 0. The van der Waals surface area contributed by atoms with Crippen LogP contribution in [0.5, 0.6) is 11.6 Å². The molecule has 0 atom stereocenters. The number of hydrogen-bond acceptors (Lipinski definition) is 5. The molecule has 0 aliphatic heterocycles. The van der Waals surface area contributed by atoms with Crippen molar-refractivity contribution in [1.82, 2.24) is 9.19 Å². The van der Waals surface area contributed by atoms with Gasteiger partial charge in [0.15, 0.2) is 0 Å². The van der Waals surface area contributed by atoms with Gasteiger partial charge in [-0.1, -0.05) is 12.1 Å². The lowest BCUT2D eigenvalue weighted by molar-refractivity contribution is 0.287. The maximum absolute atomic E-state index is 8.74. The van der Waals surface area contributed by atoms with E-state index < -0.39 is 0 Å². The zero-order valence-corrected chi connectivity index (χ0v) is 11.6. The first-order chi connectivity index (χ1) is 9.78. The molecule has 1 aliphatic rings. The zero-order chi connectivity index (χ0) is 13.9. The summed E-state index contributed by atoms with van der Waals surface area (Å²) in [5.41, 5.74) is 2.12. The molecular formula is C14H13N3O2S. The van der Waals surface area contributed by atoms with Crippen molar-refractivity contribution in [3.63, 3.8) is 0 Å². The molecule has 1 saturated carbocycles. The molecule has 1 aromatic heterocycles. The number of ether oxygens (including phenoxy) is 2. The van der Waals surface area contributed by atoms with Crippen LogP contribution in [0.2, 0.25) is 0 Å². The molecule has 20 heavy (non-hydrogen) atoms. The number of aromatic nitrogens is 2. The van der Waals surface area contributed by atoms with E-state index in [1.54, 1.807) is 24.6 Å². The second-order valence-electron chi connectivity index (χ2n) is 4.65. The molecule has 1 aliphatic carbocycles. The van der Waals surface area contributed by atoms with Crippen LogP contribution in [0.1, 0.15) is 29.9 Å². The molecule has 1 fully saturated rings. The molecule has 0 N–H and O–H groups in total. The maximum Gasteiger partial charge on any atom is 0.292 e. The van der Waals surface area contributed by atoms with E-state index in [-0.39, 0.29) is 0 Å². The molecule has 5 nitrogen and oxygen atoms in total. The summed E-state index contributed by atoms with van der Waals surface area (Å²) in [6.07, 6.45) is 5.77. The summed E-state index contributed by atoms with van der Waals surface area (Å²) in [7, 11) is 0. The van der Waals surface area contributed by atoms with E-state index >= 15 is 0 Å². The largest absolute Gasteiger partial charge is 0.472 e. The van der Waals surface area contributed by atoms with Gasteiger partial charge in [0.2, 0.25) is 5.88 Å². The molecule has 1 aromatic carbocycles. The molecule has 2 aromatic rings. The second kappa shape index (κ2) is 5.47. The third kappa shape index (κ3) is 2.73. The SMILES string of the molecule is N#COc1cccc(C2CC2)c1COc1ccn(S)n1. The van der Waals surface area contributed by atoms with Crippen molar-refractivity contribution >= 4 is 12.8 Å². The van der Waals surface area contributed by atoms with Crippen LogP contribution in [0.25, 0.3) is 0 Å². The first kappa shape index (κ1) is 12.9. The van der Waals surface area contributed by atoms with Gasteiger partial charge in [-0.25, -0.2) is 4.09 Å². The van der Waals surface area contributed by atoms with Gasteiger partial charge >= 0.3 is 0 Å². The number of nitriles is 1. The van der Waals surface area contributed by atoms with Crippen LogP contribution >= 0.6 is 12.8 Å². The van der Waals surface area contributed by atoms with Crippen LogP contribution in [-0.4, -0.2) is 9.19 Å². The van der Waals surface area contributed by atoms with Crippen LogP contribution in [0.15, 0.2) is 30.5 Å². The Hall–Kier alpha value is -2.13. The van der Waals surface area contributed by atoms with Gasteiger partial charge in [-0.3, -0.25) is 0 Å². The van der Waals surface area contributed by atoms with E-state index in [0.717, 1.165) is 5.56 Å². The highest BCUT2D eigenvalue weighted by Crippen LogP contribution is 2.43. The number of thiol groups is 1. The van der Waals surface area contributed by atoms with Gasteiger partial charge in [0.25, 0.3) is 6.26 Å². The van der Waals surface area contributed by atoms with E-state index in [4.69, 9.17) is 14.7 Å². The quantitative estimate of drug-likeness (QED) is 0.678. The predicted molar refractivity (Wildman–Crippen MR) is 75.6 cm³/mol. The fourth-order valence-corrected chi connectivity index (χ4v) is 2.33. The van der Waals surface area contributed by atoms with Gasteiger partial charge in [0, 0.05) is 17.8 Å². The highest BCUT2D eigenvalue weighted by atomic mass is 32.1. The molecular weight excluding hydrogens is 274 g/mol. The molecule has 0 radical (unpaired) electrons. The van der Waals surface area contributed by atoms with Gasteiger partial charge in [-0.2, -0.15) is 0 Å². The third-order valence-corrected chi connectivity index (χ3v) is 3.48. The van der Waals surface area contributed by atoms with Crippen molar-refractivity contribution in [1.29, 1.82) is 5.26 Å². The maximum atomic E-state index is 8.74. The first-order valence-electron chi connectivity index (χ1n) is 6.33. The average molecular weight is 287 g/mol. The lowest BCUT2D eigenvalue weighted by atomic mass is 10.0. The number of benzene rings is 1. The monoisotopic (exact) mass is 287 g/mol. The van der Waals surface area contributed by atoms with Crippen molar-refractivity contribution < 1.29 is 9.47 Å². The highest BCUT2D eigenvalue weighted by molar-refractivity contribution is 7.78. The second-order valence-corrected chi connectivity index (χ2v) is 5.06. The standard InChI is InChI=1S/C14H13N3O2S/c15-9-19-13-3-1-2-11(10-4-5-10)12(13)8-18-14-6-7-17(20)16-14/h1-3,6-7,10,20H,4-5,8H2. The smallest absolute Gasteiger partial charge is 0.292 e. The Morgan fingerprint density at radius 3 is 2.90 bits per heavy atom. The predicted octanol–water partition coefficient (Wildman–Crippen LogP) is 2.89. The molecule has 0 saturated heterocycles. The van der Waals surface area contributed by atoms with Crippen molar-refractivity contribution in [3.8, 4) is 17.9 Å². The summed E-state index contributed by atoms with van der Waals surface area (Å²) < 4.78 is 12.1. The fourth-order valence-electron chi connectivity index (χ4n) is 2.18. The highest BCUT2D eigenvalue weighted by Gasteiger charge is 2.27. The van der Waals surface area contributed by atoms with Crippen LogP contribution in [0.3, 0.4) is 0 Å². The topological polar surface area (TPSA) is 60.1 Å². The molecule has 3 rings (SSSR count). The summed E-state index contributed by atoms with van der Waals surface area (Å²) in [5, 5.41) is 12.8. The zero-order valence-electron chi connectivity index (χ0n) is 10.7. The van der Waals surface area contributed by atoms with Crippen LogP contribution in [0, 0.1) is 11.5 Å². The summed E-state index contributed by atoms with van der Waals surface area (Å²) in [6.45, 7) is 0.328. The summed E-state index contributed by atoms with van der Waals surface area (Å²) >= 11 is 4.06. The van der Waals surface area contributed by atoms with Crippen LogP contribution in [-0.2, 0) is 6.61 Å². The number of rotatable bonds is 5. The minimum absolute atomic E-state index is 0.328. The third-order valence-electron chi connectivity index (χ3n) is 3.26. The lowest BCUT2D eigenvalue weighted by Crippen LogP contribution is -2.03. The van der Waals surface area contributed by atoms with Crippen molar-refractivity contribution in [2.45, 2.75) is 25.4 Å². The van der Waals surface area contributed by atoms with Gasteiger partial charge in [-0.15, -0.1) is 10.4 Å². The molecule has 0 amide bonds. The van der Waals surface area contributed by atoms with Gasteiger partial charge in [0.05, 0.1) is 0 Å². The van der Waals surface area contributed by atoms with Crippen LogP contribution in [0.4, 0.5) is 0 Å². The molecule has 0 bridgehead atoms. The molecule has 0 spiro atoms. The van der Waals surface area contributed by atoms with Crippen molar-refractivity contribution in [3.05, 3.63) is 41.6 Å². The van der Waals surface area contributed by atoms with Gasteiger partial charge in [0.1, 0.15) is 12.4 Å². The molecule has 102 valence electrons. The van der Waals surface area contributed by atoms with Crippen molar-refractivity contribution in [2.24, 2.45) is 0 Å². The summed E-state index contributed by atoms with van der Waals surface area (Å²) in [5.74, 6) is 1.61. The first-order valence-corrected chi connectivity index (χ1v) is 6.73. The Balaban J connectivity index is 1.84. The number of nitrogens with zero attached hydrogens (tertiary/aromatic N) is 3. The van der Waals surface area contributed by atoms with E-state index in [1.807, 2.05) is 6.07 Å². The number of hydrogen-bond donors (Lipinski definition) is 1. The normalized spacial score (nSPS) is 13.8. The van der Waals surface area contributed by atoms with Crippen LogP contribution < -0.4 is 9.47 Å². The minimum atomic E-state index is 0.328. The Labute approximate surface area is 122 Å².